The Morgan fingerprint density at radius 3 is 3.00 bits per heavy atom. The zero-order valence-corrected chi connectivity index (χ0v) is 19.9. The van der Waals surface area contributed by atoms with E-state index < -0.39 is 0 Å². The molecule has 3 aliphatic rings. The van der Waals surface area contributed by atoms with Gasteiger partial charge in [-0.3, -0.25) is 14.7 Å². The lowest BCUT2D eigenvalue weighted by atomic mass is 9.92. The number of nitrogens with zero attached hydrogens (tertiary/aromatic N) is 3. The lowest BCUT2D eigenvalue weighted by Crippen LogP contribution is -2.48. The average molecular weight is 480 g/mol. The molecular formula is C25H29N5O3S. The molecule has 2 amide bonds. The first-order chi connectivity index (χ1) is 16.6. The SMILES string of the molecule is O=C(NC1CN(C(=O)Cc2cc3ccccc3s2)C2(CCOC2)C1)[C@@H]1CCC[C@@H]1c1ncn[nH]1. The summed E-state index contributed by atoms with van der Waals surface area (Å²) in [4.78, 5) is 34.1. The summed E-state index contributed by atoms with van der Waals surface area (Å²) in [6.07, 6.45) is 6.26. The van der Waals surface area contributed by atoms with E-state index in [1.165, 1.54) is 16.4 Å². The average Bonchev–Trinajstić information content (AvgIpc) is 3.63. The maximum atomic E-state index is 13.5. The van der Waals surface area contributed by atoms with Gasteiger partial charge in [-0.1, -0.05) is 24.6 Å². The minimum Gasteiger partial charge on any atom is -0.379 e. The summed E-state index contributed by atoms with van der Waals surface area (Å²) in [5, 5.41) is 11.4. The molecule has 1 spiro atoms. The van der Waals surface area contributed by atoms with Crippen molar-refractivity contribution in [3.8, 4) is 0 Å². The van der Waals surface area contributed by atoms with Crippen LogP contribution in [0.1, 0.15) is 48.7 Å². The number of benzene rings is 1. The lowest BCUT2D eigenvalue weighted by molar-refractivity contribution is -0.135. The predicted molar refractivity (Wildman–Crippen MR) is 128 cm³/mol. The highest BCUT2D eigenvalue weighted by Crippen LogP contribution is 2.40. The van der Waals surface area contributed by atoms with Crippen molar-refractivity contribution in [2.24, 2.45) is 5.92 Å². The second-order valence-corrected chi connectivity index (χ2v) is 11.1. The highest BCUT2D eigenvalue weighted by atomic mass is 32.1. The van der Waals surface area contributed by atoms with E-state index in [9.17, 15) is 9.59 Å². The molecule has 1 aliphatic carbocycles. The standard InChI is InChI=1S/C25H29N5O3S/c31-22(11-18-10-16-4-1-2-7-21(16)34-18)30-13-17(12-25(30)8-9-33-14-25)28-24(32)20-6-3-5-19(20)23-26-15-27-29-23/h1-2,4,7,10,15,17,19-20H,3,5-6,8-9,11-14H2,(H,28,32)(H,26,27,29)/t17?,19-,20+,25?/m0/s1. The van der Waals surface area contributed by atoms with Crippen LogP contribution in [-0.4, -0.2) is 63.2 Å². The number of H-pyrrole nitrogens is 1. The number of hydrogen-bond donors (Lipinski definition) is 2. The maximum Gasteiger partial charge on any atom is 0.228 e. The molecule has 4 atom stereocenters. The number of aromatic amines is 1. The van der Waals surface area contributed by atoms with Crippen molar-refractivity contribution in [2.75, 3.05) is 19.8 Å². The molecule has 34 heavy (non-hydrogen) atoms. The van der Waals surface area contributed by atoms with Gasteiger partial charge in [-0.2, -0.15) is 5.10 Å². The number of rotatable bonds is 5. The largest absolute Gasteiger partial charge is 0.379 e. The number of hydrogen-bond acceptors (Lipinski definition) is 6. The first kappa shape index (κ1) is 21.7. The van der Waals surface area contributed by atoms with Crippen LogP contribution in [0.2, 0.25) is 0 Å². The van der Waals surface area contributed by atoms with E-state index in [-0.39, 0.29) is 35.2 Å². The smallest absolute Gasteiger partial charge is 0.228 e. The van der Waals surface area contributed by atoms with Crippen LogP contribution >= 0.6 is 11.3 Å². The Morgan fingerprint density at radius 1 is 1.29 bits per heavy atom. The van der Waals surface area contributed by atoms with Crippen molar-refractivity contribution in [1.29, 1.82) is 0 Å². The Balaban J connectivity index is 1.16. The first-order valence-corrected chi connectivity index (χ1v) is 12.9. The second-order valence-electron chi connectivity index (χ2n) is 9.88. The molecule has 1 aromatic carbocycles. The molecule has 3 fully saturated rings. The number of carbonyl (C=O) groups is 2. The Kier molecular flexibility index (Phi) is 5.61. The summed E-state index contributed by atoms with van der Waals surface area (Å²) in [5.74, 6) is 0.959. The molecule has 9 heteroatoms. The number of aromatic nitrogens is 3. The summed E-state index contributed by atoms with van der Waals surface area (Å²) < 4.78 is 6.96. The Bertz CT molecular complexity index is 1150. The lowest BCUT2D eigenvalue weighted by Gasteiger charge is -2.33. The fourth-order valence-electron chi connectivity index (χ4n) is 6.15. The van der Waals surface area contributed by atoms with Gasteiger partial charge in [-0.25, -0.2) is 4.98 Å². The fourth-order valence-corrected chi connectivity index (χ4v) is 7.21. The minimum absolute atomic E-state index is 0.0588. The number of likely N-dealkylation sites (tertiary alicyclic amines) is 1. The zero-order valence-electron chi connectivity index (χ0n) is 19.0. The van der Waals surface area contributed by atoms with Crippen LogP contribution in [0.25, 0.3) is 10.1 Å². The summed E-state index contributed by atoms with van der Waals surface area (Å²) >= 11 is 1.68. The normalized spacial score (nSPS) is 28.8. The van der Waals surface area contributed by atoms with Crippen molar-refractivity contribution >= 4 is 33.2 Å². The van der Waals surface area contributed by atoms with Crippen molar-refractivity contribution in [2.45, 2.75) is 56.0 Å². The topological polar surface area (TPSA) is 100 Å². The van der Waals surface area contributed by atoms with Crippen molar-refractivity contribution in [3.63, 3.8) is 0 Å². The zero-order chi connectivity index (χ0) is 23.1. The van der Waals surface area contributed by atoms with Crippen molar-refractivity contribution in [3.05, 3.63) is 47.4 Å². The molecule has 0 bridgehead atoms. The molecule has 178 valence electrons. The van der Waals surface area contributed by atoms with Crippen LogP contribution < -0.4 is 5.32 Å². The fraction of sp³-hybridized carbons (Fsp3) is 0.520. The Labute approximate surface area is 202 Å². The highest BCUT2D eigenvalue weighted by molar-refractivity contribution is 7.19. The van der Waals surface area contributed by atoms with E-state index in [0.29, 0.717) is 26.2 Å². The third-order valence-electron chi connectivity index (χ3n) is 7.77. The Morgan fingerprint density at radius 2 is 2.21 bits per heavy atom. The molecule has 2 aromatic heterocycles. The molecule has 1 saturated carbocycles. The molecule has 2 aliphatic heterocycles. The third-order valence-corrected chi connectivity index (χ3v) is 8.89. The molecule has 6 rings (SSSR count). The molecule has 0 radical (unpaired) electrons. The van der Waals surface area contributed by atoms with Crippen LogP contribution in [0, 0.1) is 5.92 Å². The number of amides is 2. The van der Waals surface area contributed by atoms with Crippen LogP contribution in [-0.2, 0) is 20.7 Å². The number of carbonyl (C=O) groups excluding carboxylic acids is 2. The van der Waals surface area contributed by atoms with Crippen LogP contribution in [0.15, 0.2) is 36.7 Å². The van der Waals surface area contributed by atoms with Gasteiger partial charge in [0.05, 0.1) is 18.6 Å². The maximum absolute atomic E-state index is 13.5. The van der Waals surface area contributed by atoms with E-state index in [1.807, 2.05) is 17.0 Å². The quantitative estimate of drug-likeness (QED) is 0.586. The van der Waals surface area contributed by atoms with Gasteiger partial charge < -0.3 is 15.0 Å². The highest BCUT2D eigenvalue weighted by Gasteiger charge is 2.51. The monoisotopic (exact) mass is 479 g/mol. The molecule has 4 heterocycles. The van der Waals surface area contributed by atoms with Gasteiger partial charge in [-0.15, -0.1) is 11.3 Å². The number of thiophene rings is 1. The first-order valence-electron chi connectivity index (χ1n) is 12.1. The molecule has 8 nitrogen and oxygen atoms in total. The van der Waals surface area contributed by atoms with E-state index in [1.54, 1.807) is 11.3 Å². The number of fused-ring (bicyclic) bond motifs is 1. The summed E-state index contributed by atoms with van der Waals surface area (Å²) in [7, 11) is 0. The summed E-state index contributed by atoms with van der Waals surface area (Å²) in [5.41, 5.74) is -0.314. The van der Waals surface area contributed by atoms with Gasteiger partial charge in [0.1, 0.15) is 12.2 Å². The van der Waals surface area contributed by atoms with Gasteiger partial charge in [0, 0.05) is 40.6 Å². The van der Waals surface area contributed by atoms with Crippen molar-refractivity contribution in [1.82, 2.24) is 25.4 Å². The third kappa shape index (κ3) is 3.90. The van der Waals surface area contributed by atoms with Gasteiger partial charge in [0.2, 0.25) is 11.8 Å². The molecular weight excluding hydrogens is 450 g/mol. The van der Waals surface area contributed by atoms with E-state index in [4.69, 9.17) is 4.74 Å². The molecule has 2 N–H and O–H groups in total. The van der Waals surface area contributed by atoms with Gasteiger partial charge >= 0.3 is 0 Å². The Hall–Kier alpha value is -2.78. The summed E-state index contributed by atoms with van der Waals surface area (Å²) in [6.45, 7) is 1.74. The van der Waals surface area contributed by atoms with Gasteiger partial charge in [0.15, 0.2) is 0 Å². The van der Waals surface area contributed by atoms with Gasteiger partial charge in [-0.05, 0) is 43.2 Å². The van der Waals surface area contributed by atoms with Crippen LogP contribution in [0.5, 0.6) is 0 Å². The second kappa shape index (κ2) is 8.78. The summed E-state index contributed by atoms with van der Waals surface area (Å²) in [6, 6.07) is 10.3. The predicted octanol–water partition coefficient (Wildman–Crippen LogP) is 3.02. The van der Waals surface area contributed by atoms with Crippen LogP contribution in [0.4, 0.5) is 0 Å². The number of ether oxygens (including phenoxy) is 1. The van der Waals surface area contributed by atoms with Gasteiger partial charge in [0.25, 0.3) is 0 Å². The van der Waals surface area contributed by atoms with E-state index >= 15 is 0 Å². The molecule has 2 saturated heterocycles. The minimum atomic E-state index is -0.314. The van der Waals surface area contributed by atoms with Crippen molar-refractivity contribution < 1.29 is 14.3 Å². The molecule has 3 aromatic rings. The van der Waals surface area contributed by atoms with Crippen LogP contribution in [0.3, 0.4) is 0 Å². The van der Waals surface area contributed by atoms with E-state index in [0.717, 1.165) is 42.8 Å². The number of nitrogens with one attached hydrogen (secondary N) is 2. The van der Waals surface area contributed by atoms with E-state index in [2.05, 4.69) is 38.7 Å². The molecule has 2 unspecified atom stereocenters.